The van der Waals surface area contributed by atoms with Crippen LogP contribution in [0.2, 0.25) is 0 Å². The number of hydrogen-bond acceptors (Lipinski definition) is 5. The van der Waals surface area contributed by atoms with Crippen molar-refractivity contribution < 1.29 is 18.0 Å². The van der Waals surface area contributed by atoms with Gasteiger partial charge < -0.3 is 10.6 Å². The summed E-state index contributed by atoms with van der Waals surface area (Å²) in [6.45, 7) is 2.75. The van der Waals surface area contributed by atoms with Crippen LogP contribution in [0.15, 0.2) is 88.6 Å². The summed E-state index contributed by atoms with van der Waals surface area (Å²) in [4.78, 5) is 39.2. The molecule has 0 saturated carbocycles. The Morgan fingerprint density at radius 3 is 2.12 bits per heavy atom. The molecular weight excluding hydrogens is 530 g/mol. The third-order valence-corrected chi connectivity index (χ3v) is 8.91. The topological polar surface area (TPSA) is 123 Å². The number of nitrogens with zero attached hydrogens (tertiary/aromatic N) is 3. The molecule has 4 aromatic rings. The van der Waals surface area contributed by atoms with E-state index in [-0.39, 0.29) is 27.3 Å². The second-order valence-corrected chi connectivity index (χ2v) is 11.5. The zero-order valence-corrected chi connectivity index (χ0v) is 22.9. The molecule has 2 amide bonds. The van der Waals surface area contributed by atoms with Crippen molar-refractivity contribution in [1.82, 2.24) is 13.7 Å². The minimum absolute atomic E-state index is 0.146. The highest BCUT2D eigenvalue weighted by molar-refractivity contribution is 7.89. The molecule has 1 aliphatic heterocycles. The van der Waals surface area contributed by atoms with Gasteiger partial charge in [0.05, 0.1) is 16.3 Å². The van der Waals surface area contributed by atoms with Gasteiger partial charge in [-0.05, 0) is 74.4 Å². The molecule has 1 fully saturated rings. The first-order valence-corrected chi connectivity index (χ1v) is 14.3. The van der Waals surface area contributed by atoms with Gasteiger partial charge in [-0.15, -0.1) is 0 Å². The Kier molecular flexibility index (Phi) is 7.42. The summed E-state index contributed by atoms with van der Waals surface area (Å²) in [6.07, 6.45) is 1.68. The van der Waals surface area contributed by atoms with E-state index in [0.29, 0.717) is 30.2 Å². The highest BCUT2D eigenvalue weighted by atomic mass is 32.2. The maximum atomic E-state index is 13.1. The van der Waals surface area contributed by atoms with Crippen LogP contribution in [-0.2, 0) is 17.1 Å². The summed E-state index contributed by atoms with van der Waals surface area (Å²) in [6, 6.07) is 21.2. The molecule has 2 heterocycles. The predicted molar refractivity (Wildman–Crippen MR) is 153 cm³/mol. The van der Waals surface area contributed by atoms with E-state index in [1.54, 1.807) is 49.0 Å². The summed E-state index contributed by atoms with van der Waals surface area (Å²) in [5.41, 5.74) is 1.95. The van der Waals surface area contributed by atoms with Crippen molar-refractivity contribution in [3.05, 3.63) is 106 Å². The van der Waals surface area contributed by atoms with E-state index in [1.807, 2.05) is 18.2 Å². The summed E-state index contributed by atoms with van der Waals surface area (Å²) in [5.74, 6) is -0.953. The molecule has 0 bridgehead atoms. The number of sulfonamides is 1. The smallest absolute Gasteiger partial charge is 0.295 e. The van der Waals surface area contributed by atoms with Gasteiger partial charge in [-0.25, -0.2) is 13.1 Å². The lowest BCUT2D eigenvalue weighted by molar-refractivity contribution is 0.101. The Bertz CT molecular complexity index is 1740. The second-order valence-electron chi connectivity index (χ2n) is 9.56. The third-order valence-electron chi connectivity index (χ3n) is 6.99. The number of carbonyl (C=O) groups is 2. The average Bonchev–Trinajstić information content (AvgIpc) is 3.58. The number of anilines is 2. The molecule has 1 aliphatic rings. The van der Waals surface area contributed by atoms with E-state index >= 15 is 0 Å². The zero-order chi connectivity index (χ0) is 28.4. The Hall–Kier alpha value is -4.48. The summed E-state index contributed by atoms with van der Waals surface area (Å²) in [7, 11) is -1.83. The van der Waals surface area contributed by atoms with Crippen molar-refractivity contribution >= 4 is 33.2 Å². The molecule has 206 valence electrons. The van der Waals surface area contributed by atoms with Gasteiger partial charge in [0.2, 0.25) is 10.0 Å². The maximum absolute atomic E-state index is 13.1. The first-order valence-electron chi connectivity index (χ1n) is 12.8. The average molecular weight is 560 g/mol. The number of aromatic nitrogens is 2. The predicted octanol–water partition coefficient (Wildman–Crippen LogP) is 3.77. The molecule has 0 atom stereocenters. The molecule has 5 rings (SSSR count). The number of rotatable bonds is 7. The van der Waals surface area contributed by atoms with Crippen LogP contribution < -0.4 is 16.2 Å². The van der Waals surface area contributed by atoms with Gasteiger partial charge in [-0.3, -0.25) is 19.1 Å². The quantitative estimate of drug-likeness (QED) is 0.357. The third kappa shape index (κ3) is 5.21. The molecule has 2 N–H and O–H groups in total. The van der Waals surface area contributed by atoms with Crippen LogP contribution in [0.4, 0.5) is 11.4 Å². The van der Waals surface area contributed by atoms with Crippen molar-refractivity contribution in [3.8, 4) is 5.69 Å². The molecule has 0 unspecified atom stereocenters. The number of carbonyl (C=O) groups excluding carboxylic acids is 2. The molecule has 3 aromatic carbocycles. The van der Waals surface area contributed by atoms with Crippen LogP contribution in [0.3, 0.4) is 0 Å². The van der Waals surface area contributed by atoms with Crippen molar-refractivity contribution in [1.29, 1.82) is 0 Å². The number of amides is 2. The zero-order valence-electron chi connectivity index (χ0n) is 22.1. The fourth-order valence-electron chi connectivity index (χ4n) is 4.70. The van der Waals surface area contributed by atoms with Crippen LogP contribution in [0.1, 0.15) is 39.3 Å². The van der Waals surface area contributed by atoms with E-state index in [1.165, 1.54) is 39.3 Å². The second kappa shape index (κ2) is 10.9. The number of hydrogen-bond donors (Lipinski definition) is 2. The Morgan fingerprint density at radius 2 is 1.45 bits per heavy atom. The lowest BCUT2D eigenvalue weighted by Crippen LogP contribution is -2.27. The number of para-hydroxylation sites is 1. The minimum Gasteiger partial charge on any atom is -0.322 e. The van der Waals surface area contributed by atoms with E-state index in [9.17, 15) is 22.8 Å². The summed E-state index contributed by atoms with van der Waals surface area (Å²) in [5, 5.41) is 5.45. The van der Waals surface area contributed by atoms with E-state index in [4.69, 9.17) is 0 Å². The first-order chi connectivity index (χ1) is 19.2. The first kappa shape index (κ1) is 27.1. The van der Waals surface area contributed by atoms with Gasteiger partial charge in [0.1, 0.15) is 5.69 Å². The number of benzene rings is 3. The summed E-state index contributed by atoms with van der Waals surface area (Å²) < 4.78 is 30.1. The Morgan fingerprint density at radius 1 is 0.800 bits per heavy atom. The molecule has 0 aliphatic carbocycles. The normalized spacial score (nSPS) is 13.8. The Labute approximate surface area is 231 Å². The molecule has 0 radical (unpaired) electrons. The van der Waals surface area contributed by atoms with Gasteiger partial charge >= 0.3 is 0 Å². The fourth-order valence-corrected chi connectivity index (χ4v) is 6.21. The van der Waals surface area contributed by atoms with Crippen LogP contribution in [-0.4, -0.2) is 47.0 Å². The van der Waals surface area contributed by atoms with Crippen molar-refractivity contribution in [2.75, 3.05) is 23.7 Å². The van der Waals surface area contributed by atoms with E-state index in [0.717, 1.165) is 12.8 Å². The standard InChI is InChI=1S/C29H29N5O5S/c1-20-26(29(37)34(32(20)2)24-11-4-3-5-12-24)31-28(36)22-9-8-10-23(19-22)30-27(35)21-13-15-25(16-14-21)40(38,39)33-17-6-7-18-33/h3-5,8-16,19H,6-7,17-18H2,1-2H3,(H,30,35)(H,31,36). The van der Waals surface area contributed by atoms with Crippen molar-refractivity contribution in [3.63, 3.8) is 0 Å². The molecule has 11 heteroatoms. The molecule has 0 spiro atoms. The molecule has 40 heavy (non-hydrogen) atoms. The molecule has 1 aromatic heterocycles. The molecular formula is C29H29N5O5S. The number of nitrogens with one attached hydrogen (secondary N) is 2. The SMILES string of the molecule is Cc1c(NC(=O)c2cccc(NC(=O)c3ccc(S(=O)(=O)N4CCCC4)cc3)c2)c(=O)n(-c2ccccc2)n1C. The van der Waals surface area contributed by atoms with Crippen LogP contribution in [0.5, 0.6) is 0 Å². The van der Waals surface area contributed by atoms with Crippen molar-refractivity contribution in [2.45, 2.75) is 24.7 Å². The van der Waals surface area contributed by atoms with E-state index < -0.39 is 21.8 Å². The Balaban J connectivity index is 1.30. The van der Waals surface area contributed by atoms with Gasteiger partial charge in [-0.1, -0.05) is 24.3 Å². The van der Waals surface area contributed by atoms with Gasteiger partial charge in [0.15, 0.2) is 0 Å². The largest absolute Gasteiger partial charge is 0.322 e. The highest BCUT2D eigenvalue weighted by Gasteiger charge is 2.27. The highest BCUT2D eigenvalue weighted by Crippen LogP contribution is 2.22. The van der Waals surface area contributed by atoms with E-state index in [2.05, 4.69) is 10.6 Å². The minimum atomic E-state index is -3.57. The van der Waals surface area contributed by atoms with Gasteiger partial charge in [-0.2, -0.15) is 4.31 Å². The van der Waals surface area contributed by atoms with Crippen molar-refractivity contribution in [2.24, 2.45) is 7.05 Å². The monoisotopic (exact) mass is 559 g/mol. The van der Waals surface area contributed by atoms with Crippen LogP contribution in [0.25, 0.3) is 5.69 Å². The van der Waals surface area contributed by atoms with Crippen LogP contribution >= 0.6 is 0 Å². The molecule has 1 saturated heterocycles. The van der Waals surface area contributed by atoms with Crippen LogP contribution in [0, 0.1) is 6.92 Å². The summed E-state index contributed by atoms with van der Waals surface area (Å²) >= 11 is 0. The maximum Gasteiger partial charge on any atom is 0.295 e. The lowest BCUT2D eigenvalue weighted by Gasteiger charge is -2.15. The molecule has 10 nitrogen and oxygen atoms in total. The fraction of sp³-hybridized carbons (Fsp3) is 0.207. The van der Waals surface area contributed by atoms with Gasteiger partial charge in [0, 0.05) is 37.0 Å². The van der Waals surface area contributed by atoms with Gasteiger partial charge in [0.25, 0.3) is 17.4 Å². The lowest BCUT2D eigenvalue weighted by atomic mass is 10.1.